The molecule has 0 radical (unpaired) electrons. The van der Waals surface area contributed by atoms with Crippen molar-refractivity contribution in [3.8, 4) is 11.5 Å². The van der Waals surface area contributed by atoms with Gasteiger partial charge in [0.05, 0.1) is 14.2 Å². The van der Waals surface area contributed by atoms with Crippen molar-refractivity contribution < 1.29 is 14.3 Å². The molecule has 126 valence electrons. The standard InChI is InChI=1S/C19H22N2O3/c1-23-17-8-7-15(13-18(17)24-2)19(22)20-10-12-21-11-9-14-5-3-4-6-16(14)21/h3-8,13H,9-12H2,1-2H3,(H,20,22). The average Bonchev–Trinajstić information content (AvgIpc) is 3.04. The molecule has 1 aliphatic heterocycles. The summed E-state index contributed by atoms with van der Waals surface area (Å²) >= 11 is 0. The zero-order valence-corrected chi connectivity index (χ0v) is 14.0. The van der Waals surface area contributed by atoms with Gasteiger partial charge in [0, 0.05) is 30.9 Å². The number of ether oxygens (including phenoxy) is 2. The fourth-order valence-electron chi connectivity index (χ4n) is 3.02. The molecule has 2 aromatic rings. The molecule has 24 heavy (non-hydrogen) atoms. The number of methoxy groups -OCH3 is 2. The van der Waals surface area contributed by atoms with Gasteiger partial charge in [-0.3, -0.25) is 4.79 Å². The van der Waals surface area contributed by atoms with Gasteiger partial charge in [-0.1, -0.05) is 18.2 Å². The summed E-state index contributed by atoms with van der Waals surface area (Å²) in [5.41, 5.74) is 3.22. The molecule has 0 atom stereocenters. The van der Waals surface area contributed by atoms with E-state index in [-0.39, 0.29) is 5.91 Å². The van der Waals surface area contributed by atoms with Gasteiger partial charge in [0.25, 0.3) is 5.91 Å². The van der Waals surface area contributed by atoms with E-state index in [4.69, 9.17) is 9.47 Å². The maximum Gasteiger partial charge on any atom is 0.251 e. The van der Waals surface area contributed by atoms with E-state index in [1.54, 1.807) is 32.4 Å². The van der Waals surface area contributed by atoms with Gasteiger partial charge in [-0.15, -0.1) is 0 Å². The number of nitrogens with one attached hydrogen (secondary N) is 1. The Balaban J connectivity index is 1.57. The fourth-order valence-corrected chi connectivity index (χ4v) is 3.02. The van der Waals surface area contributed by atoms with Gasteiger partial charge in [-0.25, -0.2) is 0 Å². The van der Waals surface area contributed by atoms with Gasteiger partial charge in [-0.05, 0) is 36.2 Å². The molecule has 0 aliphatic carbocycles. The molecule has 0 unspecified atom stereocenters. The van der Waals surface area contributed by atoms with E-state index in [9.17, 15) is 4.79 Å². The number of para-hydroxylation sites is 1. The lowest BCUT2D eigenvalue weighted by Crippen LogP contribution is -2.34. The fraction of sp³-hybridized carbons (Fsp3) is 0.316. The van der Waals surface area contributed by atoms with Gasteiger partial charge >= 0.3 is 0 Å². The number of rotatable bonds is 6. The number of benzene rings is 2. The minimum Gasteiger partial charge on any atom is -0.493 e. The van der Waals surface area contributed by atoms with Crippen molar-refractivity contribution in [1.29, 1.82) is 0 Å². The largest absolute Gasteiger partial charge is 0.493 e. The lowest BCUT2D eigenvalue weighted by atomic mass is 10.2. The Morgan fingerprint density at radius 1 is 1.12 bits per heavy atom. The number of carbonyl (C=O) groups is 1. The van der Waals surface area contributed by atoms with Crippen molar-refractivity contribution >= 4 is 11.6 Å². The molecule has 1 heterocycles. The summed E-state index contributed by atoms with van der Waals surface area (Å²) in [5.74, 6) is 1.06. The third-order valence-electron chi connectivity index (χ3n) is 4.30. The molecule has 0 spiro atoms. The third-order valence-corrected chi connectivity index (χ3v) is 4.30. The van der Waals surface area contributed by atoms with Crippen molar-refractivity contribution in [1.82, 2.24) is 5.32 Å². The summed E-state index contributed by atoms with van der Waals surface area (Å²) in [5, 5.41) is 2.97. The molecule has 0 saturated carbocycles. The first kappa shape index (κ1) is 16.2. The van der Waals surface area contributed by atoms with E-state index >= 15 is 0 Å². The molecular formula is C19H22N2O3. The van der Waals surface area contributed by atoms with Crippen LogP contribution >= 0.6 is 0 Å². The first-order valence-corrected chi connectivity index (χ1v) is 8.06. The normalized spacial score (nSPS) is 12.7. The van der Waals surface area contributed by atoms with Crippen LogP contribution in [0.5, 0.6) is 11.5 Å². The summed E-state index contributed by atoms with van der Waals surface area (Å²) in [7, 11) is 3.13. The monoisotopic (exact) mass is 326 g/mol. The van der Waals surface area contributed by atoms with Crippen LogP contribution in [0.1, 0.15) is 15.9 Å². The number of anilines is 1. The van der Waals surface area contributed by atoms with Crippen molar-refractivity contribution in [3.05, 3.63) is 53.6 Å². The predicted molar refractivity (Wildman–Crippen MR) is 94.2 cm³/mol. The number of fused-ring (bicyclic) bond motifs is 1. The van der Waals surface area contributed by atoms with Crippen LogP contribution in [-0.4, -0.2) is 39.8 Å². The van der Waals surface area contributed by atoms with Gasteiger partial charge in [-0.2, -0.15) is 0 Å². The maximum atomic E-state index is 12.3. The molecular weight excluding hydrogens is 304 g/mol. The highest BCUT2D eigenvalue weighted by Crippen LogP contribution is 2.28. The second-order valence-corrected chi connectivity index (χ2v) is 5.69. The van der Waals surface area contributed by atoms with Crippen LogP contribution in [0.2, 0.25) is 0 Å². The second-order valence-electron chi connectivity index (χ2n) is 5.69. The Bertz CT molecular complexity index is 730. The molecule has 1 amide bonds. The summed E-state index contributed by atoms with van der Waals surface area (Å²) in [4.78, 5) is 14.6. The van der Waals surface area contributed by atoms with Crippen LogP contribution in [-0.2, 0) is 6.42 Å². The SMILES string of the molecule is COc1ccc(C(=O)NCCN2CCc3ccccc32)cc1OC. The summed E-state index contributed by atoms with van der Waals surface area (Å²) in [6.07, 6.45) is 1.07. The second kappa shape index (κ2) is 7.25. The summed E-state index contributed by atoms with van der Waals surface area (Å²) in [6, 6.07) is 13.6. The van der Waals surface area contributed by atoms with Gasteiger partial charge in [0.1, 0.15) is 0 Å². The Morgan fingerprint density at radius 3 is 2.71 bits per heavy atom. The van der Waals surface area contributed by atoms with Crippen molar-refractivity contribution in [2.45, 2.75) is 6.42 Å². The van der Waals surface area contributed by atoms with E-state index in [1.807, 2.05) is 0 Å². The van der Waals surface area contributed by atoms with Crippen LogP contribution in [0.25, 0.3) is 0 Å². The smallest absolute Gasteiger partial charge is 0.251 e. The minimum absolute atomic E-state index is 0.108. The molecule has 2 aromatic carbocycles. The lowest BCUT2D eigenvalue weighted by Gasteiger charge is -2.19. The van der Waals surface area contributed by atoms with Crippen LogP contribution in [0.3, 0.4) is 0 Å². The van der Waals surface area contributed by atoms with Crippen molar-refractivity contribution in [2.75, 3.05) is 38.8 Å². The highest BCUT2D eigenvalue weighted by Gasteiger charge is 2.18. The number of hydrogen-bond acceptors (Lipinski definition) is 4. The molecule has 1 N–H and O–H groups in total. The first-order chi connectivity index (χ1) is 11.7. The Hall–Kier alpha value is -2.69. The topological polar surface area (TPSA) is 50.8 Å². The molecule has 5 nitrogen and oxygen atoms in total. The van der Waals surface area contributed by atoms with E-state index in [0.717, 1.165) is 19.5 Å². The van der Waals surface area contributed by atoms with Gasteiger partial charge in [0.15, 0.2) is 11.5 Å². The van der Waals surface area contributed by atoms with Crippen LogP contribution < -0.4 is 19.7 Å². The quantitative estimate of drug-likeness (QED) is 0.886. The summed E-state index contributed by atoms with van der Waals surface area (Å²) in [6.45, 7) is 2.41. The molecule has 3 rings (SSSR count). The highest BCUT2D eigenvalue weighted by molar-refractivity contribution is 5.94. The van der Waals surface area contributed by atoms with Crippen molar-refractivity contribution in [2.24, 2.45) is 0 Å². The average molecular weight is 326 g/mol. The maximum absolute atomic E-state index is 12.3. The number of amides is 1. The molecule has 5 heteroatoms. The van der Waals surface area contributed by atoms with E-state index in [2.05, 4.69) is 34.5 Å². The predicted octanol–water partition coefficient (Wildman–Crippen LogP) is 2.50. The first-order valence-electron chi connectivity index (χ1n) is 8.06. The number of nitrogens with zero attached hydrogens (tertiary/aromatic N) is 1. The molecule has 0 saturated heterocycles. The molecule has 0 aromatic heterocycles. The minimum atomic E-state index is -0.108. The van der Waals surface area contributed by atoms with E-state index in [0.29, 0.717) is 23.6 Å². The highest BCUT2D eigenvalue weighted by atomic mass is 16.5. The number of carbonyl (C=O) groups excluding carboxylic acids is 1. The summed E-state index contributed by atoms with van der Waals surface area (Å²) < 4.78 is 10.4. The lowest BCUT2D eigenvalue weighted by molar-refractivity contribution is 0.0954. The number of hydrogen-bond donors (Lipinski definition) is 1. The molecule has 0 fully saturated rings. The molecule has 0 bridgehead atoms. The third kappa shape index (κ3) is 3.30. The van der Waals surface area contributed by atoms with Crippen LogP contribution in [0.15, 0.2) is 42.5 Å². The Kier molecular flexibility index (Phi) is 4.89. The molecule has 1 aliphatic rings. The Morgan fingerprint density at radius 2 is 1.92 bits per heavy atom. The zero-order chi connectivity index (χ0) is 16.9. The zero-order valence-electron chi connectivity index (χ0n) is 14.0. The van der Waals surface area contributed by atoms with Crippen LogP contribution in [0.4, 0.5) is 5.69 Å². The van der Waals surface area contributed by atoms with Gasteiger partial charge < -0.3 is 19.7 Å². The van der Waals surface area contributed by atoms with E-state index in [1.165, 1.54) is 11.3 Å². The van der Waals surface area contributed by atoms with Crippen LogP contribution in [0, 0.1) is 0 Å². The Labute approximate surface area is 142 Å². The van der Waals surface area contributed by atoms with E-state index < -0.39 is 0 Å². The van der Waals surface area contributed by atoms with Gasteiger partial charge in [0.2, 0.25) is 0 Å². The van der Waals surface area contributed by atoms with Crippen molar-refractivity contribution in [3.63, 3.8) is 0 Å².